The monoisotopic (exact) mass is 242 g/mol. The van der Waals surface area contributed by atoms with E-state index in [1.165, 1.54) is 19.2 Å². The number of aliphatic hydroxyl groups excluding tert-OH is 1. The number of aromatic amines is 1. The third kappa shape index (κ3) is 3.47. The zero-order chi connectivity index (χ0) is 11.4. The lowest BCUT2D eigenvalue weighted by Crippen LogP contribution is -2.47. The van der Waals surface area contributed by atoms with E-state index in [1.54, 1.807) is 11.8 Å². The molecule has 5 nitrogen and oxygen atoms in total. The molecule has 1 aromatic rings. The molecule has 1 unspecified atom stereocenters. The fourth-order valence-corrected chi connectivity index (χ4v) is 2.54. The quantitative estimate of drug-likeness (QED) is 0.616. The number of thioether (sulfide) groups is 1. The highest BCUT2D eigenvalue weighted by Gasteiger charge is 2.31. The first-order valence-electron chi connectivity index (χ1n) is 5.58. The van der Waals surface area contributed by atoms with E-state index in [4.69, 9.17) is 0 Å². The summed E-state index contributed by atoms with van der Waals surface area (Å²) in [5.41, 5.74) is -0.159. The van der Waals surface area contributed by atoms with Gasteiger partial charge in [0.1, 0.15) is 6.33 Å². The van der Waals surface area contributed by atoms with Crippen molar-refractivity contribution in [2.75, 3.05) is 12.4 Å². The number of aliphatic hydroxyl groups is 1. The Hall–Kier alpha value is -0.590. The first-order valence-corrected chi connectivity index (χ1v) is 6.57. The summed E-state index contributed by atoms with van der Waals surface area (Å²) in [6.07, 6.45) is 4.91. The van der Waals surface area contributed by atoms with Crippen molar-refractivity contribution in [2.24, 2.45) is 0 Å². The molecule has 6 heteroatoms. The Bertz CT molecular complexity index is 315. The maximum absolute atomic E-state index is 9.41. The molecule has 1 fully saturated rings. The molecule has 1 saturated carbocycles. The van der Waals surface area contributed by atoms with E-state index in [2.05, 4.69) is 27.4 Å². The van der Waals surface area contributed by atoms with Gasteiger partial charge in [0.25, 0.3) is 0 Å². The van der Waals surface area contributed by atoms with Crippen LogP contribution in [0.5, 0.6) is 0 Å². The lowest BCUT2D eigenvalue weighted by atomic mass is 10.0. The lowest BCUT2D eigenvalue weighted by molar-refractivity contribution is 0.169. The predicted octanol–water partition coefficient (Wildman–Crippen LogP) is 0.790. The summed E-state index contributed by atoms with van der Waals surface area (Å²) >= 11 is 1.64. The topological polar surface area (TPSA) is 73.8 Å². The minimum atomic E-state index is -0.159. The molecule has 2 rings (SSSR count). The SMILES string of the molecule is CC(CO)(CCSc1ncn[nH]1)NC1CC1. The Labute approximate surface area is 99.4 Å². The summed E-state index contributed by atoms with van der Waals surface area (Å²) in [5, 5.41) is 20.3. The van der Waals surface area contributed by atoms with Gasteiger partial charge in [0.2, 0.25) is 0 Å². The van der Waals surface area contributed by atoms with Crippen LogP contribution in [0.15, 0.2) is 11.5 Å². The van der Waals surface area contributed by atoms with Crippen LogP contribution in [-0.4, -0.2) is 44.2 Å². The number of nitrogens with one attached hydrogen (secondary N) is 2. The van der Waals surface area contributed by atoms with Gasteiger partial charge in [0.15, 0.2) is 5.16 Å². The van der Waals surface area contributed by atoms with Crippen LogP contribution >= 0.6 is 11.8 Å². The van der Waals surface area contributed by atoms with E-state index in [0.29, 0.717) is 6.04 Å². The average Bonchev–Trinajstić information content (AvgIpc) is 2.92. The maximum Gasteiger partial charge on any atom is 0.183 e. The van der Waals surface area contributed by atoms with Gasteiger partial charge in [-0.3, -0.25) is 5.10 Å². The van der Waals surface area contributed by atoms with E-state index in [9.17, 15) is 5.11 Å². The highest BCUT2D eigenvalue weighted by Crippen LogP contribution is 2.25. The number of H-pyrrole nitrogens is 1. The summed E-state index contributed by atoms with van der Waals surface area (Å²) in [6, 6.07) is 0.618. The van der Waals surface area contributed by atoms with Crippen molar-refractivity contribution >= 4 is 11.8 Å². The lowest BCUT2D eigenvalue weighted by Gasteiger charge is -2.28. The third-order valence-electron chi connectivity index (χ3n) is 2.76. The molecular weight excluding hydrogens is 224 g/mol. The van der Waals surface area contributed by atoms with Crippen molar-refractivity contribution in [3.63, 3.8) is 0 Å². The predicted molar refractivity (Wildman–Crippen MR) is 63.4 cm³/mol. The summed E-state index contributed by atoms with van der Waals surface area (Å²) < 4.78 is 0. The van der Waals surface area contributed by atoms with E-state index >= 15 is 0 Å². The van der Waals surface area contributed by atoms with Gasteiger partial charge in [-0.25, -0.2) is 4.98 Å². The van der Waals surface area contributed by atoms with Crippen molar-refractivity contribution < 1.29 is 5.11 Å². The van der Waals surface area contributed by atoms with Crippen LogP contribution in [0, 0.1) is 0 Å². The Morgan fingerprint density at radius 1 is 1.69 bits per heavy atom. The normalized spacial score (nSPS) is 19.6. The second kappa shape index (κ2) is 5.16. The van der Waals surface area contributed by atoms with Crippen LogP contribution in [0.1, 0.15) is 26.2 Å². The first-order chi connectivity index (χ1) is 7.72. The Kier molecular flexibility index (Phi) is 3.83. The molecule has 0 aliphatic heterocycles. The number of aromatic nitrogens is 3. The van der Waals surface area contributed by atoms with E-state index in [1.807, 2.05) is 0 Å². The van der Waals surface area contributed by atoms with Gasteiger partial charge in [0.05, 0.1) is 6.61 Å². The zero-order valence-corrected chi connectivity index (χ0v) is 10.3. The summed E-state index contributed by atoms with van der Waals surface area (Å²) in [4.78, 5) is 4.05. The number of hydrogen-bond acceptors (Lipinski definition) is 5. The number of hydrogen-bond donors (Lipinski definition) is 3. The molecular formula is C10H18N4OS. The highest BCUT2D eigenvalue weighted by atomic mass is 32.2. The molecule has 0 saturated heterocycles. The van der Waals surface area contributed by atoms with Crippen molar-refractivity contribution in [1.82, 2.24) is 20.5 Å². The standard InChI is InChI=1S/C10H18N4OS/c1-10(6-15,13-8-2-3-8)4-5-16-9-11-7-12-14-9/h7-8,13,15H,2-6H2,1H3,(H,11,12,14). The molecule has 1 atom stereocenters. The Balaban J connectivity index is 1.73. The summed E-state index contributed by atoms with van der Waals surface area (Å²) in [7, 11) is 0. The van der Waals surface area contributed by atoms with E-state index in [-0.39, 0.29) is 12.1 Å². The third-order valence-corrected chi connectivity index (χ3v) is 3.64. The molecule has 0 aromatic carbocycles. The van der Waals surface area contributed by atoms with Crippen molar-refractivity contribution in [3.05, 3.63) is 6.33 Å². The van der Waals surface area contributed by atoms with E-state index < -0.39 is 0 Å². The number of rotatable bonds is 7. The molecule has 0 spiro atoms. The van der Waals surface area contributed by atoms with Gasteiger partial charge in [-0.2, -0.15) is 5.10 Å². The van der Waals surface area contributed by atoms with Crippen molar-refractivity contribution in [2.45, 2.75) is 42.9 Å². The average molecular weight is 242 g/mol. The van der Waals surface area contributed by atoms with Gasteiger partial charge >= 0.3 is 0 Å². The van der Waals surface area contributed by atoms with Crippen molar-refractivity contribution in [1.29, 1.82) is 0 Å². The van der Waals surface area contributed by atoms with Crippen LogP contribution in [0.4, 0.5) is 0 Å². The molecule has 0 amide bonds. The van der Waals surface area contributed by atoms with E-state index in [0.717, 1.165) is 17.3 Å². The minimum Gasteiger partial charge on any atom is -0.394 e. The maximum atomic E-state index is 9.41. The molecule has 1 aromatic heterocycles. The first kappa shape index (κ1) is 11.9. The van der Waals surface area contributed by atoms with Gasteiger partial charge in [-0.05, 0) is 26.2 Å². The molecule has 16 heavy (non-hydrogen) atoms. The molecule has 1 heterocycles. The van der Waals surface area contributed by atoms with Crippen LogP contribution in [-0.2, 0) is 0 Å². The zero-order valence-electron chi connectivity index (χ0n) is 9.44. The Morgan fingerprint density at radius 3 is 3.06 bits per heavy atom. The van der Waals surface area contributed by atoms with Gasteiger partial charge in [0, 0.05) is 17.3 Å². The minimum absolute atomic E-state index is 0.159. The number of nitrogens with zero attached hydrogens (tertiary/aromatic N) is 2. The van der Waals surface area contributed by atoms with Crippen LogP contribution in [0.25, 0.3) is 0 Å². The summed E-state index contributed by atoms with van der Waals surface area (Å²) in [5.74, 6) is 0.923. The second-order valence-corrected chi connectivity index (χ2v) is 5.61. The summed E-state index contributed by atoms with van der Waals surface area (Å²) in [6.45, 7) is 2.26. The molecule has 1 aliphatic rings. The molecule has 0 bridgehead atoms. The molecule has 3 N–H and O–H groups in total. The van der Waals surface area contributed by atoms with Gasteiger partial charge in [-0.1, -0.05) is 11.8 Å². The van der Waals surface area contributed by atoms with Crippen LogP contribution < -0.4 is 5.32 Å². The second-order valence-electron chi connectivity index (χ2n) is 4.53. The largest absolute Gasteiger partial charge is 0.394 e. The fraction of sp³-hybridized carbons (Fsp3) is 0.800. The van der Waals surface area contributed by atoms with Gasteiger partial charge < -0.3 is 10.4 Å². The van der Waals surface area contributed by atoms with Gasteiger partial charge in [-0.15, -0.1) is 0 Å². The molecule has 0 radical (unpaired) electrons. The molecule has 1 aliphatic carbocycles. The fourth-order valence-electron chi connectivity index (χ4n) is 1.55. The smallest absolute Gasteiger partial charge is 0.183 e. The molecule has 90 valence electrons. The highest BCUT2D eigenvalue weighted by molar-refractivity contribution is 7.99. The van der Waals surface area contributed by atoms with Crippen LogP contribution in [0.3, 0.4) is 0 Å². The van der Waals surface area contributed by atoms with Crippen molar-refractivity contribution in [3.8, 4) is 0 Å². The Morgan fingerprint density at radius 2 is 2.50 bits per heavy atom. The van der Waals surface area contributed by atoms with Crippen LogP contribution in [0.2, 0.25) is 0 Å².